The van der Waals surface area contributed by atoms with Crippen LogP contribution in [0.5, 0.6) is 0 Å². The van der Waals surface area contributed by atoms with Gasteiger partial charge in [0.15, 0.2) is 0 Å². The third-order valence-corrected chi connectivity index (χ3v) is 4.19. The molecule has 1 saturated carbocycles. The SMILES string of the molecule is CCOC(=O)/C=C(\C(=O)OCC)[C@@H]1C[C@@H]1c1ccc(Cl)cc1Cl. The van der Waals surface area contributed by atoms with Gasteiger partial charge in [-0.05, 0) is 49.8 Å². The maximum Gasteiger partial charge on any atom is 0.334 e. The fourth-order valence-electron chi connectivity index (χ4n) is 2.53. The molecular weight excluding hydrogens is 339 g/mol. The average molecular weight is 357 g/mol. The van der Waals surface area contributed by atoms with Crippen LogP contribution in [0.25, 0.3) is 0 Å². The molecule has 0 heterocycles. The van der Waals surface area contributed by atoms with Crippen LogP contribution >= 0.6 is 23.2 Å². The van der Waals surface area contributed by atoms with Gasteiger partial charge < -0.3 is 9.47 Å². The second-order valence-corrected chi connectivity index (χ2v) is 6.03. The summed E-state index contributed by atoms with van der Waals surface area (Å²) in [5.74, 6) is -1.05. The van der Waals surface area contributed by atoms with E-state index in [2.05, 4.69) is 0 Å². The highest BCUT2D eigenvalue weighted by Crippen LogP contribution is 2.53. The molecular formula is C17H18Cl2O4. The molecule has 124 valence electrons. The molecule has 0 aliphatic heterocycles. The van der Waals surface area contributed by atoms with Crippen LogP contribution < -0.4 is 0 Å². The number of hydrogen-bond donors (Lipinski definition) is 0. The van der Waals surface area contributed by atoms with E-state index < -0.39 is 11.9 Å². The molecule has 1 aromatic carbocycles. The van der Waals surface area contributed by atoms with Crippen molar-refractivity contribution in [2.24, 2.45) is 5.92 Å². The standard InChI is InChI=1S/C17H18Cl2O4/c1-3-22-16(20)9-14(17(21)23-4-2)13-8-12(13)11-6-5-10(18)7-15(11)19/h5-7,9,12-13H,3-4,8H2,1-2H3/b14-9-/t12-,13-/m1/s1. The highest BCUT2D eigenvalue weighted by Gasteiger charge is 2.45. The quantitative estimate of drug-likeness (QED) is 0.567. The van der Waals surface area contributed by atoms with Gasteiger partial charge in [-0.3, -0.25) is 0 Å². The maximum atomic E-state index is 12.1. The van der Waals surface area contributed by atoms with Gasteiger partial charge in [-0.25, -0.2) is 9.59 Å². The molecule has 1 fully saturated rings. The van der Waals surface area contributed by atoms with E-state index in [1.165, 1.54) is 6.08 Å². The Morgan fingerprint density at radius 2 is 1.91 bits per heavy atom. The van der Waals surface area contributed by atoms with Gasteiger partial charge in [-0.2, -0.15) is 0 Å². The van der Waals surface area contributed by atoms with Gasteiger partial charge in [0.05, 0.1) is 13.2 Å². The molecule has 2 atom stereocenters. The Hall–Kier alpha value is -1.52. The summed E-state index contributed by atoms with van der Waals surface area (Å²) in [5.41, 5.74) is 1.25. The zero-order chi connectivity index (χ0) is 17.0. The Morgan fingerprint density at radius 3 is 2.52 bits per heavy atom. The van der Waals surface area contributed by atoms with Crippen molar-refractivity contribution in [2.75, 3.05) is 13.2 Å². The van der Waals surface area contributed by atoms with E-state index in [1.807, 2.05) is 6.07 Å². The zero-order valence-corrected chi connectivity index (χ0v) is 14.5. The van der Waals surface area contributed by atoms with E-state index in [9.17, 15) is 9.59 Å². The lowest BCUT2D eigenvalue weighted by molar-refractivity contribution is -0.141. The highest BCUT2D eigenvalue weighted by atomic mass is 35.5. The molecule has 6 heteroatoms. The Bertz CT molecular complexity index is 639. The summed E-state index contributed by atoms with van der Waals surface area (Å²) in [5, 5.41) is 1.12. The minimum atomic E-state index is -0.539. The number of ether oxygens (including phenoxy) is 2. The lowest BCUT2D eigenvalue weighted by Gasteiger charge is -2.08. The molecule has 0 amide bonds. The molecule has 2 rings (SSSR count). The number of carbonyl (C=O) groups is 2. The van der Waals surface area contributed by atoms with Gasteiger partial charge in [0.1, 0.15) is 0 Å². The molecule has 0 aromatic heterocycles. The monoisotopic (exact) mass is 356 g/mol. The number of carbonyl (C=O) groups excluding carboxylic acids is 2. The fourth-order valence-corrected chi connectivity index (χ4v) is 3.08. The number of benzene rings is 1. The van der Waals surface area contributed by atoms with E-state index >= 15 is 0 Å². The van der Waals surface area contributed by atoms with E-state index in [0.29, 0.717) is 15.6 Å². The number of esters is 2. The van der Waals surface area contributed by atoms with Crippen molar-refractivity contribution in [1.29, 1.82) is 0 Å². The van der Waals surface area contributed by atoms with Crippen LogP contribution in [-0.4, -0.2) is 25.2 Å². The van der Waals surface area contributed by atoms with E-state index in [-0.39, 0.29) is 25.0 Å². The molecule has 0 unspecified atom stereocenters. The average Bonchev–Trinajstić information content (AvgIpc) is 3.25. The maximum absolute atomic E-state index is 12.1. The zero-order valence-electron chi connectivity index (χ0n) is 13.0. The van der Waals surface area contributed by atoms with Gasteiger partial charge in [0.25, 0.3) is 0 Å². The summed E-state index contributed by atoms with van der Waals surface area (Å²) in [6.45, 7) is 3.93. The Balaban J connectivity index is 2.21. The van der Waals surface area contributed by atoms with Gasteiger partial charge in [-0.1, -0.05) is 29.3 Å². The van der Waals surface area contributed by atoms with Crippen LogP contribution in [0.4, 0.5) is 0 Å². The van der Waals surface area contributed by atoms with Crippen LogP contribution in [0, 0.1) is 5.92 Å². The Morgan fingerprint density at radius 1 is 1.22 bits per heavy atom. The molecule has 0 bridgehead atoms. The van der Waals surface area contributed by atoms with Gasteiger partial charge in [-0.15, -0.1) is 0 Å². The molecule has 0 saturated heterocycles. The molecule has 1 aliphatic carbocycles. The molecule has 1 aromatic rings. The van der Waals surface area contributed by atoms with Crippen molar-refractivity contribution in [3.63, 3.8) is 0 Å². The Kier molecular flexibility index (Phi) is 6.08. The second kappa shape index (κ2) is 7.84. The summed E-state index contributed by atoms with van der Waals surface area (Å²) in [6.07, 6.45) is 1.96. The first kappa shape index (κ1) is 17.8. The lowest BCUT2D eigenvalue weighted by atomic mass is 10.0. The summed E-state index contributed by atoms with van der Waals surface area (Å²) >= 11 is 12.1. The van der Waals surface area contributed by atoms with Gasteiger partial charge >= 0.3 is 11.9 Å². The topological polar surface area (TPSA) is 52.6 Å². The van der Waals surface area contributed by atoms with Crippen molar-refractivity contribution in [3.8, 4) is 0 Å². The molecule has 0 spiro atoms. The fraction of sp³-hybridized carbons (Fsp3) is 0.412. The largest absolute Gasteiger partial charge is 0.463 e. The van der Waals surface area contributed by atoms with Crippen LogP contribution in [-0.2, 0) is 19.1 Å². The third kappa shape index (κ3) is 4.49. The van der Waals surface area contributed by atoms with E-state index in [0.717, 1.165) is 12.0 Å². The molecule has 1 aliphatic rings. The first-order valence-electron chi connectivity index (χ1n) is 7.48. The molecule has 0 radical (unpaired) electrons. The molecule has 23 heavy (non-hydrogen) atoms. The number of hydrogen-bond acceptors (Lipinski definition) is 4. The second-order valence-electron chi connectivity index (χ2n) is 5.19. The summed E-state index contributed by atoms with van der Waals surface area (Å²) < 4.78 is 9.94. The first-order valence-corrected chi connectivity index (χ1v) is 8.23. The number of halogens is 2. The third-order valence-electron chi connectivity index (χ3n) is 3.62. The van der Waals surface area contributed by atoms with Crippen molar-refractivity contribution >= 4 is 35.1 Å². The summed E-state index contributed by atoms with van der Waals surface area (Å²) in [4.78, 5) is 23.8. The molecule has 0 N–H and O–H groups in total. The van der Waals surface area contributed by atoms with Crippen molar-refractivity contribution in [1.82, 2.24) is 0 Å². The Labute approximate surface area is 145 Å². The van der Waals surface area contributed by atoms with Crippen molar-refractivity contribution < 1.29 is 19.1 Å². The minimum absolute atomic E-state index is 0.0739. The van der Waals surface area contributed by atoms with Crippen LogP contribution in [0.2, 0.25) is 10.0 Å². The lowest BCUT2D eigenvalue weighted by Crippen LogP contribution is -2.13. The number of rotatable bonds is 6. The molecule has 4 nitrogen and oxygen atoms in total. The van der Waals surface area contributed by atoms with Crippen LogP contribution in [0.1, 0.15) is 31.7 Å². The van der Waals surface area contributed by atoms with Gasteiger partial charge in [0, 0.05) is 21.7 Å². The van der Waals surface area contributed by atoms with Crippen LogP contribution in [0.15, 0.2) is 29.8 Å². The normalized spacial score (nSPS) is 20.1. The van der Waals surface area contributed by atoms with Crippen LogP contribution in [0.3, 0.4) is 0 Å². The smallest absolute Gasteiger partial charge is 0.334 e. The summed E-state index contributed by atoms with van der Waals surface area (Å²) in [7, 11) is 0. The first-order chi connectivity index (χ1) is 11.0. The summed E-state index contributed by atoms with van der Waals surface area (Å²) in [6, 6.07) is 5.28. The van der Waals surface area contributed by atoms with Gasteiger partial charge in [0.2, 0.25) is 0 Å². The predicted molar refractivity (Wildman–Crippen MR) is 88.7 cm³/mol. The predicted octanol–water partition coefficient (Wildman–Crippen LogP) is 4.15. The van der Waals surface area contributed by atoms with Crippen molar-refractivity contribution in [2.45, 2.75) is 26.2 Å². The van der Waals surface area contributed by atoms with Crippen molar-refractivity contribution in [3.05, 3.63) is 45.5 Å². The minimum Gasteiger partial charge on any atom is -0.463 e. The van der Waals surface area contributed by atoms with E-state index in [1.54, 1.807) is 26.0 Å². The van der Waals surface area contributed by atoms with E-state index in [4.69, 9.17) is 32.7 Å². The highest BCUT2D eigenvalue weighted by molar-refractivity contribution is 6.35.